The molecule has 0 saturated carbocycles. The van der Waals surface area contributed by atoms with E-state index in [1.54, 1.807) is 22.4 Å². The number of thiophene rings is 1. The molecule has 0 fully saturated rings. The minimum atomic E-state index is -0.463. The Hall–Kier alpha value is -2.91. The maximum atomic E-state index is 13.3. The van der Waals surface area contributed by atoms with Gasteiger partial charge in [-0.1, -0.05) is 50.1 Å². The summed E-state index contributed by atoms with van der Waals surface area (Å²) in [5.41, 5.74) is 0.584. The van der Waals surface area contributed by atoms with E-state index in [1.165, 1.54) is 20.5 Å². The molecule has 1 N–H and O–H groups in total. The van der Waals surface area contributed by atoms with E-state index < -0.39 is 5.69 Å². The van der Waals surface area contributed by atoms with Crippen LogP contribution in [-0.4, -0.2) is 38.9 Å². The molecule has 0 aliphatic rings. The van der Waals surface area contributed by atoms with Gasteiger partial charge >= 0.3 is 5.69 Å². The van der Waals surface area contributed by atoms with Crippen LogP contribution in [0.5, 0.6) is 0 Å². The maximum Gasteiger partial charge on any atom is 0.332 e. The molecule has 3 aromatic rings. The highest BCUT2D eigenvalue weighted by Gasteiger charge is 2.19. The number of halogens is 1. The second-order valence-electron chi connectivity index (χ2n) is 9.02. The zero-order chi connectivity index (χ0) is 26.8. The number of aromatic nitrogens is 2. The summed E-state index contributed by atoms with van der Waals surface area (Å²) in [7, 11) is 0. The number of carbonyl (C=O) groups is 2. The van der Waals surface area contributed by atoms with Crippen LogP contribution < -0.4 is 16.6 Å². The molecule has 37 heavy (non-hydrogen) atoms. The summed E-state index contributed by atoms with van der Waals surface area (Å²) in [5.74, 6) is -0.187. The van der Waals surface area contributed by atoms with E-state index in [1.807, 2.05) is 32.0 Å². The van der Waals surface area contributed by atoms with Gasteiger partial charge < -0.3 is 10.2 Å². The van der Waals surface area contributed by atoms with Crippen molar-refractivity contribution in [2.45, 2.75) is 72.0 Å². The molecule has 8 nitrogen and oxygen atoms in total. The van der Waals surface area contributed by atoms with Gasteiger partial charge in [-0.2, -0.15) is 0 Å². The number of carbonyl (C=O) groups excluding carboxylic acids is 2. The average Bonchev–Trinajstić information content (AvgIpc) is 3.37. The molecule has 2 amide bonds. The molecule has 1 aromatic carbocycles. The topological polar surface area (TPSA) is 93.4 Å². The molecule has 2 aromatic heterocycles. The molecule has 200 valence electrons. The lowest BCUT2D eigenvalue weighted by Gasteiger charge is -2.22. The fourth-order valence-corrected chi connectivity index (χ4v) is 5.32. The van der Waals surface area contributed by atoms with Gasteiger partial charge in [0.25, 0.3) is 5.56 Å². The molecular weight excluding hydrogens is 512 g/mol. The van der Waals surface area contributed by atoms with E-state index in [0.29, 0.717) is 60.6 Å². The van der Waals surface area contributed by atoms with E-state index in [4.69, 9.17) is 11.6 Å². The van der Waals surface area contributed by atoms with Crippen molar-refractivity contribution in [1.82, 2.24) is 19.4 Å². The Morgan fingerprint density at radius 3 is 2.43 bits per heavy atom. The summed E-state index contributed by atoms with van der Waals surface area (Å²) in [4.78, 5) is 53.2. The van der Waals surface area contributed by atoms with Crippen molar-refractivity contribution in [1.29, 1.82) is 0 Å². The van der Waals surface area contributed by atoms with E-state index in [-0.39, 0.29) is 30.5 Å². The molecule has 0 spiro atoms. The highest BCUT2D eigenvalue weighted by molar-refractivity contribution is 7.17. The fourth-order valence-electron chi connectivity index (χ4n) is 4.28. The third kappa shape index (κ3) is 7.55. The maximum absolute atomic E-state index is 13.3. The van der Waals surface area contributed by atoms with Crippen molar-refractivity contribution < 1.29 is 9.59 Å². The predicted molar refractivity (Wildman–Crippen MR) is 149 cm³/mol. The van der Waals surface area contributed by atoms with Gasteiger partial charge in [-0.3, -0.25) is 23.5 Å². The summed E-state index contributed by atoms with van der Waals surface area (Å²) in [6.07, 6.45) is 3.94. The van der Waals surface area contributed by atoms with Crippen LogP contribution in [0, 0.1) is 0 Å². The molecular formula is C27H35ClN4O4S. The lowest BCUT2D eigenvalue weighted by molar-refractivity contribution is -0.132. The number of nitrogens with zero attached hydrogens (tertiary/aromatic N) is 3. The normalized spacial score (nSPS) is 11.1. The van der Waals surface area contributed by atoms with Crippen molar-refractivity contribution in [3.63, 3.8) is 0 Å². The first-order valence-corrected chi connectivity index (χ1v) is 14.1. The summed E-state index contributed by atoms with van der Waals surface area (Å²) < 4.78 is 3.13. The second-order valence-corrected chi connectivity index (χ2v) is 10.3. The van der Waals surface area contributed by atoms with E-state index in [0.717, 1.165) is 18.4 Å². The Bertz CT molecular complexity index is 1320. The predicted octanol–water partition coefficient (Wildman–Crippen LogP) is 4.40. The van der Waals surface area contributed by atoms with Crippen molar-refractivity contribution in [2.75, 3.05) is 13.1 Å². The number of unbranched alkanes of at least 4 members (excludes halogenated alkanes) is 2. The van der Waals surface area contributed by atoms with Gasteiger partial charge in [0.15, 0.2) is 0 Å². The molecule has 10 heteroatoms. The Balaban J connectivity index is 1.60. The summed E-state index contributed by atoms with van der Waals surface area (Å²) in [5, 5.41) is 5.26. The van der Waals surface area contributed by atoms with Crippen LogP contribution in [-0.2, 0) is 29.2 Å². The number of nitrogens with one attached hydrogen (secondary N) is 1. The zero-order valence-electron chi connectivity index (χ0n) is 21.5. The number of rotatable bonds is 14. The second kappa shape index (κ2) is 14.1. The van der Waals surface area contributed by atoms with Crippen molar-refractivity contribution in [3.05, 3.63) is 67.1 Å². The Morgan fingerprint density at radius 2 is 1.73 bits per heavy atom. The number of hydrogen-bond donors (Lipinski definition) is 1. The number of hydrogen-bond acceptors (Lipinski definition) is 5. The number of benzene rings is 1. The van der Waals surface area contributed by atoms with E-state index in [2.05, 4.69) is 5.32 Å². The van der Waals surface area contributed by atoms with Gasteiger partial charge in [0.1, 0.15) is 11.2 Å². The molecule has 0 radical (unpaired) electrons. The van der Waals surface area contributed by atoms with Gasteiger partial charge in [0.05, 0.1) is 5.52 Å². The van der Waals surface area contributed by atoms with Gasteiger partial charge in [0.2, 0.25) is 11.8 Å². The lowest BCUT2D eigenvalue weighted by Crippen LogP contribution is -2.43. The first-order valence-electron chi connectivity index (χ1n) is 12.9. The Labute approximate surface area is 225 Å². The van der Waals surface area contributed by atoms with E-state index in [9.17, 15) is 19.2 Å². The smallest absolute Gasteiger partial charge is 0.332 e. The SMILES string of the molecule is CCCN(CCC)C(=O)Cn1c(=O)n(CCCCCC(=O)NCc2ccccc2Cl)c(=O)c2sccc21. The molecule has 2 heterocycles. The summed E-state index contributed by atoms with van der Waals surface area (Å²) >= 11 is 7.40. The standard InChI is InChI=1S/C27H35ClN4O4S/c1-3-14-30(15-4-2)24(34)19-32-22-13-17-37-25(22)26(35)31(27(32)36)16-9-5-6-12-23(33)29-18-20-10-7-8-11-21(20)28/h7-8,10-11,13,17H,3-6,9,12,14-16,18-19H2,1-2H3,(H,29,33). The van der Waals surface area contributed by atoms with Crippen molar-refractivity contribution in [3.8, 4) is 0 Å². The van der Waals surface area contributed by atoms with Crippen LogP contribution in [0.4, 0.5) is 0 Å². The first kappa shape index (κ1) is 28.7. The van der Waals surface area contributed by atoms with Crippen LogP contribution in [0.15, 0.2) is 45.3 Å². The minimum Gasteiger partial charge on any atom is -0.352 e. The highest BCUT2D eigenvalue weighted by Crippen LogP contribution is 2.16. The highest BCUT2D eigenvalue weighted by atomic mass is 35.5. The van der Waals surface area contributed by atoms with Crippen LogP contribution in [0.3, 0.4) is 0 Å². The monoisotopic (exact) mass is 546 g/mol. The molecule has 0 bridgehead atoms. The molecule has 0 unspecified atom stereocenters. The number of fused-ring (bicyclic) bond motifs is 1. The minimum absolute atomic E-state index is 0.0679. The van der Waals surface area contributed by atoms with Crippen molar-refractivity contribution >= 4 is 45.0 Å². The Kier molecular flexibility index (Phi) is 11.0. The lowest BCUT2D eigenvalue weighted by atomic mass is 10.1. The first-order chi connectivity index (χ1) is 17.9. The van der Waals surface area contributed by atoms with Crippen LogP contribution in [0.2, 0.25) is 5.02 Å². The summed E-state index contributed by atoms with van der Waals surface area (Å²) in [6, 6.07) is 9.10. The van der Waals surface area contributed by atoms with Gasteiger partial charge in [-0.25, -0.2) is 4.79 Å². The number of amides is 2. The summed E-state index contributed by atoms with van der Waals surface area (Å²) in [6.45, 7) is 5.84. The van der Waals surface area contributed by atoms with Gasteiger partial charge in [0, 0.05) is 37.6 Å². The quantitative estimate of drug-likeness (QED) is 0.303. The van der Waals surface area contributed by atoms with Crippen LogP contribution in [0.25, 0.3) is 10.2 Å². The van der Waals surface area contributed by atoms with Gasteiger partial charge in [-0.15, -0.1) is 11.3 Å². The largest absolute Gasteiger partial charge is 0.352 e. The van der Waals surface area contributed by atoms with Crippen LogP contribution in [0.1, 0.15) is 57.9 Å². The fraction of sp³-hybridized carbons (Fsp3) is 0.481. The third-order valence-electron chi connectivity index (χ3n) is 6.19. The molecule has 0 saturated heterocycles. The Morgan fingerprint density at radius 1 is 1.00 bits per heavy atom. The third-order valence-corrected chi connectivity index (χ3v) is 7.45. The van der Waals surface area contributed by atoms with Crippen molar-refractivity contribution in [2.24, 2.45) is 0 Å². The molecule has 0 aliphatic heterocycles. The molecule has 0 atom stereocenters. The van der Waals surface area contributed by atoms with Gasteiger partial charge in [-0.05, 0) is 48.8 Å². The van der Waals surface area contributed by atoms with Crippen LogP contribution >= 0.6 is 22.9 Å². The van der Waals surface area contributed by atoms with E-state index >= 15 is 0 Å². The molecule has 0 aliphatic carbocycles. The zero-order valence-corrected chi connectivity index (χ0v) is 23.1. The molecule has 3 rings (SSSR count). The average molecular weight is 547 g/mol.